The van der Waals surface area contributed by atoms with Crippen LogP contribution in [0.15, 0.2) is 50.9 Å². The Labute approximate surface area is 276 Å². The third kappa shape index (κ3) is 6.46. The highest BCUT2D eigenvalue weighted by molar-refractivity contribution is 5.97. The molecular formula is C35H41FN6O6. The van der Waals surface area contributed by atoms with Gasteiger partial charge in [-0.25, -0.2) is 14.0 Å². The summed E-state index contributed by atoms with van der Waals surface area (Å²) in [6.45, 7) is 8.78. The normalized spacial score (nSPS) is 16.8. The quantitative estimate of drug-likeness (QED) is 0.200. The topological polar surface area (TPSA) is 142 Å². The molecule has 2 aromatic carbocycles. The molecule has 1 saturated carbocycles. The Morgan fingerprint density at radius 3 is 2.46 bits per heavy atom. The van der Waals surface area contributed by atoms with Crippen molar-refractivity contribution < 1.29 is 19.0 Å². The summed E-state index contributed by atoms with van der Waals surface area (Å²) in [5, 5.41) is 12.7. The minimum atomic E-state index is -1.34. The van der Waals surface area contributed by atoms with Gasteiger partial charge in [0.15, 0.2) is 11.6 Å². The van der Waals surface area contributed by atoms with Crippen molar-refractivity contribution in [3.63, 3.8) is 0 Å². The first kappa shape index (κ1) is 33.0. The number of fused-ring (bicyclic) bond motifs is 1. The van der Waals surface area contributed by atoms with E-state index in [0.29, 0.717) is 37.4 Å². The van der Waals surface area contributed by atoms with E-state index in [0.717, 1.165) is 48.7 Å². The van der Waals surface area contributed by atoms with Crippen LogP contribution in [0.25, 0.3) is 10.9 Å². The van der Waals surface area contributed by atoms with Gasteiger partial charge in [-0.2, -0.15) is 0 Å². The smallest absolute Gasteiger partial charge is 0.341 e. The van der Waals surface area contributed by atoms with Crippen molar-refractivity contribution in [3.05, 3.63) is 90.1 Å². The molecule has 0 spiro atoms. The van der Waals surface area contributed by atoms with Gasteiger partial charge in [0.25, 0.3) is 5.56 Å². The number of carbonyl (C=O) groups is 1. The zero-order chi connectivity index (χ0) is 34.3. The zero-order valence-corrected chi connectivity index (χ0v) is 27.6. The molecule has 2 aliphatic rings. The molecule has 6 rings (SSSR count). The van der Waals surface area contributed by atoms with Crippen molar-refractivity contribution in [2.75, 3.05) is 43.5 Å². The minimum Gasteiger partial charge on any atom is -0.492 e. The van der Waals surface area contributed by atoms with Crippen LogP contribution in [0.3, 0.4) is 0 Å². The lowest BCUT2D eigenvalue weighted by atomic mass is 10.1. The Bertz CT molecular complexity index is 2030. The molecule has 254 valence electrons. The number of aromatic nitrogens is 3. The number of carboxylic acid groups (broad SMARTS) is 1. The molecule has 2 fully saturated rings. The van der Waals surface area contributed by atoms with Gasteiger partial charge in [0, 0.05) is 56.2 Å². The maximum atomic E-state index is 15.8. The number of halogens is 1. The van der Waals surface area contributed by atoms with Gasteiger partial charge in [-0.15, -0.1) is 0 Å². The lowest BCUT2D eigenvalue weighted by Gasteiger charge is -2.41. The van der Waals surface area contributed by atoms with Crippen LogP contribution in [0, 0.1) is 19.7 Å². The fourth-order valence-corrected chi connectivity index (χ4v) is 6.61. The van der Waals surface area contributed by atoms with Crippen molar-refractivity contribution in [3.8, 4) is 5.75 Å². The number of methoxy groups -OCH3 is 1. The van der Waals surface area contributed by atoms with Gasteiger partial charge in [0.05, 0.1) is 18.0 Å². The Morgan fingerprint density at radius 2 is 1.81 bits per heavy atom. The maximum absolute atomic E-state index is 15.8. The number of aromatic carboxylic acids is 1. The van der Waals surface area contributed by atoms with Crippen LogP contribution in [-0.2, 0) is 6.54 Å². The summed E-state index contributed by atoms with van der Waals surface area (Å²) in [7, 11) is 1.44. The predicted octanol–water partition coefficient (Wildman–Crippen LogP) is 4.38. The van der Waals surface area contributed by atoms with Gasteiger partial charge >= 0.3 is 11.7 Å². The second-order valence-electron chi connectivity index (χ2n) is 12.9. The second kappa shape index (κ2) is 13.3. The van der Waals surface area contributed by atoms with Crippen LogP contribution < -0.4 is 31.6 Å². The van der Waals surface area contributed by atoms with Crippen molar-refractivity contribution >= 4 is 34.1 Å². The SMILES string of the molecule is COc1c(N2CCN(CCCCn3c(=O)cc(Nc4ccc(C)c(C)c4)[nH]c3=O)C(C)C2)c(F)cc2c(=O)c(C(=O)O)cn(C3CC3)c12. The molecule has 1 unspecified atom stereocenters. The second-order valence-corrected chi connectivity index (χ2v) is 12.9. The highest BCUT2D eigenvalue weighted by Crippen LogP contribution is 2.44. The van der Waals surface area contributed by atoms with E-state index in [1.807, 2.05) is 36.9 Å². The van der Waals surface area contributed by atoms with E-state index >= 15 is 4.39 Å². The number of aryl methyl sites for hydroxylation is 2. The van der Waals surface area contributed by atoms with Crippen LogP contribution >= 0.6 is 0 Å². The van der Waals surface area contributed by atoms with Gasteiger partial charge in [0.1, 0.15) is 17.1 Å². The van der Waals surface area contributed by atoms with Crippen molar-refractivity contribution in [1.82, 2.24) is 19.0 Å². The molecule has 48 heavy (non-hydrogen) atoms. The maximum Gasteiger partial charge on any atom is 0.341 e. The van der Waals surface area contributed by atoms with E-state index in [1.165, 1.54) is 23.9 Å². The number of piperazine rings is 1. The van der Waals surface area contributed by atoms with E-state index in [9.17, 15) is 24.3 Å². The van der Waals surface area contributed by atoms with Crippen LogP contribution in [0.1, 0.15) is 60.1 Å². The number of hydrogen-bond acceptors (Lipinski definition) is 8. The molecule has 3 N–H and O–H groups in total. The highest BCUT2D eigenvalue weighted by atomic mass is 19.1. The average Bonchev–Trinajstić information content (AvgIpc) is 3.88. The molecule has 0 bridgehead atoms. The first-order chi connectivity index (χ1) is 23.0. The van der Waals surface area contributed by atoms with E-state index in [-0.39, 0.29) is 46.6 Å². The molecule has 3 heterocycles. The predicted molar refractivity (Wildman–Crippen MR) is 183 cm³/mol. The summed E-state index contributed by atoms with van der Waals surface area (Å²) in [5.41, 5.74) is 1.77. The number of hydrogen-bond donors (Lipinski definition) is 3. The zero-order valence-electron chi connectivity index (χ0n) is 27.6. The average molecular weight is 661 g/mol. The van der Waals surface area contributed by atoms with E-state index in [1.54, 1.807) is 4.57 Å². The van der Waals surface area contributed by atoms with Crippen molar-refractivity contribution in [2.24, 2.45) is 0 Å². The number of nitrogens with zero attached hydrogens (tertiary/aromatic N) is 4. The number of anilines is 3. The molecule has 1 saturated heterocycles. The number of nitrogens with one attached hydrogen (secondary N) is 2. The number of aromatic amines is 1. The number of pyridine rings is 1. The summed E-state index contributed by atoms with van der Waals surface area (Å²) in [4.78, 5) is 57.3. The number of benzene rings is 2. The molecule has 2 aromatic heterocycles. The number of carboxylic acids is 1. The molecule has 1 aliphatic heterocycles. The highest BCUT2D eigenvalue weighted by Gasteiger charge is 2.33. The standard InChI is InChI=1S/C35H41FN6O6/c1-20-7-8-23(15-21(20)2)37-28-17-29(43)41(35(47)38-28)12-6-5-11-39-13-14-40(18-22(39)3)31-27(36)16-25-30(33(31)48-4)42(24-9-10-24)19-26(32(25)44)34(45)46/h7-8,15-17,19,22,24,37H,5-6,9-14,18H2,1-4H3,(H,38,47)(H,45,46). The van der Waals surface area contributed by atoms with Crippen LogP contribution in [0.5, 0.6) is 5.75 Å². The molecule has 12 nitrogen and oxygen atoms in total. The fourth-order valence-electron chi connectivity index (χ4n) is 6.61. The van der Waals surface area contributed by atoms with Crippen LogP contribution in [0.2, 0.25) is 0 Å². The van der Waals surface area contributed by atoms with E-state index < -0.39 is 22.9 Å². The van der Waals surface area contributed by atoms with Crippen molar-refractivity contribution in [1.29, 1.82) is 0 Å². The summed E-state index contributed by atoms with van der Waals surface area (Å²) < 4.78 is 24.5. The monoisotopic (exact) mass is 660 g/mol. The molecule has 0 amide bonds. The van der Waals surface area contributed by atoms with Crippen molar-refractivity contribution in [2.45, 2.75) is 65.1 Å². The molecule has 1 atom stereocenters. The minimum absolute atomic E-state index is 0.00298. The Hall–Kier alpha value is -4.91. The van der Waals surface area contributed by atoms with Gasteiger partial charge in [-0.05, 0) is 82.3 Å². The summed E-state index contributed by atoms with van der Waals surface area (Å²) in [5.74, 6) is -1.40. The van der Waals surface area contributed by atoms with Crippen LogP contribution in [0.4, 0.5) is 21.6 Å². The third-order valence-corrected chi connectivity index (χ3v) is 9.54. The summed E-state index contributed by atoms with van der Waals surface area (Å²) >= 11 is 0. The Balaban J connectivity index is 1.10. The Morgan fingerprint density at radius 1 is 1.06 bits per heavy atom. The third-order valence-electron chi connectivity index (χ3n) is 9.54. The van der Waals surface area contributed by atoms with Gasteiger partial charge < -0.3 is 24.6 Å². The van der Waals surface area contributed by atoms with Crippen LogP contribution in [-0.4, -0.2) is 69.4 Å². The lowest BCUT2D eigenvalue weighted by Crippen LogP contribution is -2.52. The van der Waals surface area contributed by atoms with E-state index in [4.69, 9.17) is 4.74 Å². The largest absolute Gasteiger partial charge is 0.492 e. The summed E-state index contributed by atoms with van der Waals surface area (Å²) in [6, 6.07) is 8.46. The molecule has 4 aromatic rings. The number of H-pyrrole nitrogens is 1. The fraction of sp³-hybridized carbons (Fsp3) is 0.429. The van der Waals surface area contributed by atoms with Gasteiger partial charge in [-0.1, -0.05) is 6.07 Å². The number of ether oxygens (including phenoxy) is 1. The van der Waals surface area contributed by atoms with Gasteiger partial charge in [-0.3, -0.25) is 24.0 Å². The first-order valence-corrected chi connectivity index (χ1v) is 16.3. The first-order valence-electron chi connectivity index (χ1n) is 16.3. The summed E-state index contributed by atoms with van der Waals surface area (Å²) in [6.07, 6.45) is 4.41. The number of rotatable bonds is 11. The molecular weight excluding hydrogens is 619 g/mol. The lowest BCUT2D eigenvalue weighted by molar-refractivity contribution is 0.0694. The Kier molecular flexibility index (Phi) is 9.15. The molecule has 13 heteroatoms. The number of unbranched alkanes of at least 4 members (excludes halogenated alkanes) is 1. The van der Waals surface area contributed by atoms with E-state index in [2.05, 4.69) is 22.1 Å². The van der Waals surface area contributed by atoms with Gasteiger partial charge in [0.2, 0.25) is 5.43 Å². The molecule has 0 radical (unpaired) electrons. The molecule has 1 aliphatic carbocycles.